The predicted octanol–water partition coefficient (Wildman–Crippen LogP) is 2.65. The summed E-state index contributed by atoms with van der Waals surface area (Å²) < 4.78 is 15.8. The topological polar surface area (TPSA) is 59.3 Å². The van der Waals surface area contributed by atoms with E-state index in [0.29, 0.717) is 17.5 Å². The van der Waals surface area contributed by atoms with Crippen molar-refractivity contribution in [1.29, 1.82) is 0 Å². The Morgan fingerprint density at radius 1 is 1.50 bits per heavy atom. The van der Waals surface area contributed by atoms with Gasteiger partial charge in [0, 0.05) is 17.6 Å². The molecule has 1 aromatic heterocycles. The Hall–Kier alpha value is -2.17. The molecule has 2 aromatic rings. The molecular formula is C15H14FNO3. The normalized spacial score (nSPS) is 17.4. The third-order valence-electron chi connectivity index (χ3n) is 4.16. The molecule has 0 amide bonds. The summed E-state index contributed by atoms with van der Waals surface area (Å²) in [6, 6.07) is 1.26. The minimum absolute atomic E-state index is 0.0913. The molecule has 0 aliphatic carbocycles. The molecule has 0 saturated heterocycles. The molecule has 3 rings (SSSR count). The van der Waals surface area contributed by atoms with Gasteiger partial charge in [0.1, 0.15) is 11.4 Å². The quantitative estimate of drug-likeness (QED) is 0.870. The number of rotatable bonds is 1. The molecule has 104 valence electrons. The molecule has 1 atom stereocenters. The summed E-state index contributed by atoms with van der Waals surface area (Å²) in [5.41, 5.74) is 1.11. The molecule has 0 unspecified atom stereocenters. The first-order chi connectivity index (χ1) is 9.41. The van der Waals surface area contributed by atoms with Crippen LogP contribution in [0.15, 0.2) is 17.1 Å². The minimum Gasteiger partial charge on any atom is -0.477 e. The number of carbonyl (C=O) groups is 1. The Labute approximate surface area is 114 Å². The Kier molecular flexibility index (Phi) is 2.67. The number of carboxylic acid groups (broad SMARTS) is 1. The third kappa shape index (κ3) is 1.59. The molecule has 0 saturated carbocycles. The van der Waals surface area contributed by atoms with Crippen molar-refractivity contribution in [3.8, 4) is 0 Å². The highest BCUT2D eigenvalue weighted by molar-refractivity contribution is 5.94. The molecule has 4 nitrogen and oxygen atoms in total. The fraction of sp³-hybridized carbons (Fsp3) is 0.333. The van der Waals surface area contributed by atoms with Gasteiger partial charge in [-0.15, -0.1) is 0 Å². The standard InChI is InChI=1S/C15H14FNO3/c1-7-3-4-9-8(2)12(16)5-10-13(9)17(7)6-11(14(10)18)15(19)20/h5-7H,3-4H2,1-2H3,(H,19,20)/t7-/m0/s1. The average Bonchev–Trinajstić information content (AvgIpc) is 2.39. The molecule has 0 bridgehead atoms. The lowest BCUT2D eigenvalue weighted by atomic mass is 9.92. The summed E-state index contributed by atoms with van der Waals surface area (Å²) in [6.45, 7) is 3.66. The summed E-state index contributed by atoms with van der Waals surface area (Å²) in [4.78, 5) is 23.4. The van der Waals surface area contributed by atoms with E-state index in [1.165, 1.54) is 6.20 Å². The van der Waals surface area contributed by atoms with Crippen LogP contribution in [0.5, 0.6) is 0 Å². The monoisotopic (exact) mass is 275 g/mol. The van der Waals surface area contributed by atoms with Gasteiger partial charge in [-0.2, -0.15) is 0 Å². The van der Waals surface area contributed by atoms with Gasteiger partial charge >= 0.3 is 5.97 Å². The van der Waals surface area contributed by atoms with E-state index in [1.54, 1.807) is 11.5 Å². The fourth-order valence-electron chi connectivity index (χ4n) is 2.96. The van der Waals surface area contributed by atoms with Crippen LogP contribution in [0.1, 0.15) is 40.9 Å². The van der Waals surface area contributed by atoms with E-state index < -0.39 is 17.2 Å². The van der Waals surface area contributed by atoms with Gasteiger partial charge in [-0.05, 0) is 43.9 Å². The third-order valence-corrected chi connectivity index (χ3v) is 4.16. The van der Waals surface area contributed by atoms with Crippen molar-refractivity contribution >= 4 is 16.9 Å². The second-order valence-electron chi connectivity index (χ2n) is 5.33. The zero-order chi connectivity index (χ0) is 14.6. The van der Waals surface area contributed by atoms with E-state index in [4.69, 9.17) is 5.11 Å². The lowest BCUT2D eigenvalue weighted by molar-refractivity contribution is 0.0694. The SMILES string of the molecule is Cc1c(F)cc2c(=O)c(C(=O)O)cn3c2c1CC[C@@H]3C. The molecule has 20 heavy (non-hydrogen) atoms. The number of benzene rings is 1. The van der Waals surface area contributed by atoms with Crippen molar-refractivity contribution in [1.82, 2.24) is 4.57 Å². The average molecular weight is 275 g/mol. The largest absolute Gasteiger partial charge is 0.477 e. The molecule has 5 heteroatoms. The van der Waals surface area contributed by atoms with Gasteiger partial charge in [0.15, 0.2) is 0 Å². The Bertz CT molecular complexity index is 807. The van der Waals surface area contributed by atoms with Crippen molar-refractivity contribution in [3.63, 3.8) is 0 Å². The van der Waals surface area contributed by atoms with Crippen LogP contribution in [0.4, 0.5) is 4.39 Å². The molecule has 0 radical (unpaired) electrons. The van der Waals surface area contributed by atoms with Gasteiger partial charge in [0.2, 0.25) is 5.43 Å². The van der Waals surface area contributed by atoms with Crippen molar-refractivity contribution in [2.45, 2.75) is 32.7 Å². The number of aromatic carboxylic acids is 1. The van der Waals surface area contributed by atoms with E-state index in [1.807, 2.05) is 6.92 Å². The zero-order valence-electron chi connectivity index (χ0n) is 11.2. The number of hydrogen-bond donors (Lipinski definition) is 1. The number of aryl methyl sites for hydroxylation is 1. The minimum atomic E-state index is -1.28. The summed E-state index contributed by atoms with van der Waals surface area (Å²) in [5.74, 6) is -1.73. The molecule has 0 spiro atoms. The first kappa shape index (κ1) is 12.8. The molecular weight excluding hydrogens is 261 g/mol. The van der Waals surface area contributed by atoms with Gasteiger partial charge in [-0.3, -0.25) is 4.79 Å². The van der Waals surface area contributed by atoms with Gasteiger partial charge in [-0.1, -0.05) is 0 Å². The molecule has 0 fully saturated rings. The van der Waals surface area contributed by atoms with Gasteiger partial charge in [-0.25, -0.2) is 9.18 Å². The highest BCUT2D eigenvalue weighted by Crippen LogP contribution is 2.33. The highest BCUT2D eigenvalue weighted by Gasteiger charge is 2.25. The summed E-state index contributed by atoms with van der Waals surface area (Å²) in [7, 11) is 0. The zero-order valence-corrected chi connectivity index (χ0v) is 11.2. The van der Waals surface area contributed by atoms with Crippen LogP contribution in [-0.4, -0.2) is 15.6 Å². The van der Waals surface area contributed by atoms with Crippen LogP contribution < -0.4 is 5.43 Å². The smallest absolute Gasteiger partial charge is 0.341 e. The molecule has 1 N–H and O–H groups in total. The summed E-state index contributed by atoms with van der Waals surface area (Å²) >= 11 is 0. The lowest BCUT2D eigenvalue weighted by Crippen LogP contribution is -2.24. The lowest BCUT2D eigenvalue weighted by Gasteiger charge is -2.27. The number of halogens is 1. The van der Waals surface area contributed by atoms with Gasteiger partial charge in [0.25, 0.3) is 0 Å². The summed E-state index contributed by atoms with van der Waals surface area (Å²) in [5, 5.41) is 9.30. The van der Waals surface area contributed by atoms with Gasteiger partial charge in [0.05, 0.1) is 5.52 Å². The summed E-state index contributed by atoms with van der Waals surface area (Å²) in [6.07, 6.45) is 2.89. The van der Waals surface area contributed by atoms with Crippen LogP contribution in [-0.2, 0) is 6.42 Å². The van der Waals surface area contributed by atoms with Crippen LogP contribution in [0.2, 0.25) is 0 Å². The second-order valence-corrected chi connectivity index (χ2v) is 5.33. The van der Waals surface area contributed by atoms with Gasteiger partial charge < -0.3 is 9.67 Å². The number of carboxylic acids is 1. The molecule has 2 heterocycles. The van der Waals surface area contributed by atoms with E-state index in [-0.39, 0.29) is 17.0 Å². The van der Waals surface area contributed by atoms with E-state index >= 15 is 0 Å². The van der Waals surface area contributed by atoms with Crippen molar-refractivity contribution in [2.75, 3.05) is 0 Å². The maximum atomic E-state index is 14.0. The van der Waals surface area contributed by atoms with Crippen LogP contribution in [0.3, 0.4) is 0 Å². The first-order valence-electron chi connectivity index (χ1n) is 6.52. The van der Waals surface area contributed by atoms with Crippen LogP contribution >= 0.6 is 0 Å². The van der Waals surface area contributed by atoms with Crippen LogP contribution in [0.25, 0.3) is 10.9 Å². The van der Waals surface area contributed by atoms with Crippen molar-refractivity contribution in [3.05, 3.63) is 45.0 Å². The van der Waals surface area contributed by atoms with Crippen molar-refractivity contribution in [2.24, 2.45) is 0 Å². The van der Waals surface area contributed by atoms with Crippen molar-refractivity contribution < 1.29 is 14.3 Å². The Morgan fingerprint density at radius 3 is 2.85 bits per heavy atom. The maximum absolute atomic E-state index is 14.0. The first-order valence-corrected chi connectivity index (χ1v) is 6.52. The van der Waals surface area contributed by atoms with Crippen LogP contribution in [0, 0.1) is 12.7 Å². The Morgan fingerprint density at radius 2 is 2.20 bits per heavy atom. The molecule has 1 aliphatic rings. The van der Waals surface area contributed by atoms with E-state index in [0.717, 1.165) is 18.1 Å². The number of hydrogen-bond acceptors (Lipinski definition) is 2. The van der Waals surface area contributed by atoms with E-state index in [9.17, 15) is 14.0 Å². The predicted molar refractivity (Wildman–Crippen MR) is 72.9 cm³/mol. The molecule has 1 aromatic carbocycles. The number of nitrogens with zero attached hydrogens (tertiary/aromatic N) is 1. The highest BCUT2D eigenvalue weighted by atomic mass is 19.1. The second kappa shape index (κ2) is 4.16. The van der Waals surface area contributed by atoms with E-state index in [2.05, 4.69) is 0 Å². The number of aromatic nitrogens is 1. The Balaban J connectivity index is 2.57. The number of pyridine rings is 1. The fourth-order valence-corrected chi connectivity index (χ4v) is 2.96. The molecule has 1 aliphatic heterocycles. The maximum Gasteiger partial charge on any atom is 0.341 e.